The van der Waals surface area contributed by atoms with Gasteiger partial charge in [-0.3, -0.25) is 9.48 Å². The predicted octanol–water partition coefficient (Wildman–Crippen LogP) is 2.00. The van der Waals surface area contributed by atoms with Gasteiger partial charge in [-0.2, -0.15) is 5.10 Å². The molecule has 1 aliphatic heterocycles. The molecule has 2 heterocycles. The largest absolute Gasteiger partial charge is 0.327 e. The smallest absolute Gasteiger partial charge is 0.319 e. The van der Waals surface area contributed by atoms with E-state index in [0.29, 0.717) is 17.0 Å². The summed E-state index contributed by atoms with van der Waals surface area (Å²) in [6.45, 7) is 3.57. The number of carbonyl (C=O) groups is 2. The number of nitrogens with one attached hydrogen (secondary N) is 3. The molecule has 0 spiro atoms. The molecule has 3 rings (SSSR count). The van der Waals surface area contributed by atoms with Crippen LogP contribution in [0, 0.1) is 6.92 Å². The maximum Gasteiger partial charge on any atom is 0.319 e. The number of benzene rings is 1. The Morgan fingerprint density at radius 1 is 1.25 bits per heavy atom. The van der Waals surface area contributed by atoms with Crippen LogP contribution in [0.1, 0.15) is 24.2 Å². The minimum absolute atomic E-state index is 0.264. The van der Waals surface area contributed by atoms with Crippen molar-refractivity contribution in [1.29, 1.82) is 0 Å². The molecule has 0 unspecified atom stereocenters. The number of para-hydroxylation sites is 1. The molecule has 0 aliphatic carbocycles. The number of nitrogens with zero attached hydrogens (tertiary/aromatic N) is 2. The van der Waals surface area contributed by atoms with E-state index in [2.05, 4.69) is 21.0 Å². The van der Waals surface area contributed by atoms with Crippen LogP contribution >= 0.6 is 0 Å². The fourth-order valence-corrected chi connectivity index (χ4v) is 2.85. The van der Waals surface area contributed by atoms with Gasteiger partial charge in [0.25, 0.3) is 5.91 Å². The molecule has 0 bridgehead atoms. The second kappa shape index (κ2) is 6.19. The number of aryl methyl sites for hydroxylation is 2. The monoisotopic (exact) mass is 325 g/mol. The fourth-order valence-electron chi connectivity index (χ4n) is 2.85. The van der Waals surface area contributed by atoms with E-state index in [-0.39, 0.29) is 11.9 Å². The second-order valence-corrected chi connectivity index (χ2v) is 5.73. The molecule has 1 aromatic heterocycles. The first-order chi connectivity index (χ1) is 11.5. The van der Waals surface area contributed by atoms with E-state index in [9.17, 15) is 9.59 Å². The summed E-state index contributed by atoms with van der Waals surface area (Å²) in [6, 6.07) is 8.32. The van der Waals surface area contributed by atoms with E-state index in [1.54, 1.807) is 18.7 Å². The number of rotatable bonds is 3. The lowest BCUT2D eigenvalue weighted by Crippen LogP contribution is -2.46. The number of hydrogen-bond acceptors (Lipinski definition) is 3. The third kappa shape index (κ3) is 3.01. The van der Waals surface area contributed by atoms with Gasteiger partial charge in [0.05, 0.1) is 17.3 Å². The minimum atomic E-state index is -0.545. The maximum atomic E-state index is 12.8. The Hall–Kier alpha value is -3.09. The Morgan fingerprint density at radius 3 is 2.58 bits per heavy atom. The average molecular weight is 325 g/mol. The number of carbonyl (C=O) groups excluding carboxylic acids is 2. The van der Waals surface area contributed by atoms with Crippen LogP contribution in [0.15, 0.2) is 47.8 Å². The van der Waals surface area contributed by atoms with Crippen LogP contribution < -0.4 is 16.0 Å². The zero-order valence-electron chi connectivity index (χ0n) is 13.8. The highest BCUT2D eigenvalue weighted by Crippen LogP contribution is 2.29. The van der Waals surface area contributed by atoms with Crippen LogP contribution in [-0.4, -0.2) is 21.7 Å². The van der Waals surface area contributed by atoms with Gasteiger partial charge in [-0.25, -0.2) is 4.79 Å². The third-order valence-corrected chi connectivity index (χ3v) is 3.91. The lowest BCUT2D eigenvalue weighted by Gasteiger charge is -2.28. The molecule has 24 heavy (non-hydrogen) atoms. The second-order valence-electron chi connectivity index (χ2n) is 5.73. The number of hydrogen-bond donors (Lipinski definition) is 3. The zero-order valence-corrected chi connectivity index (χ0v) is 13.8. The highest BCUT2D eigenvalue weighted by Gasteiger charge is 2.33. The number of allylic oxidation sites excluding steroid dienone is 1. The van der Waals surface area contributed by atoms with Crippen molar-refractivity contribution in [3.8, 4) is 0 Å². The summed E-state index contributed by atoms with van der Waals surface area (Å²) in [7, 11) is 1.81. The molecule has 0 radical (unpaired) electrons. The third-order valence-electron chi connectivity index (χ3n) is 3.91. The molecule has 0 saturated heterocycles. The minimum Gasteiger partial charge on any atom is -0.327 e. The van der Waals surface area contributed by atoms with Gasteiger partial charge in [-0.05, 0) is 26.0 Å². The van der Waals surface area contributed by atoms with Crippen LogP contribution in [0.3, 0.4) is 0 Å². The van der Waals surface area contributed by atoms with E-state index in [4.69, 9.17) is 0 Å². The summed E-state index contributed by atoms with van der Waals surface area (Å²) in [5, 5.41) is 12.6. The molecule has 0 saturated carbocycles. The number of aromatic nitrogens is 2. The van der Waals surface area contributed by atoms with Gasteiger partial charge < -0.3 is 16.0 Å². The first-order valence-corrected chi connectivity index (χ1v) is 7.60. The van der Waals surface area contributed by atoms with Crippen molar-refractivity contribution in [2.24, 2.45) is 7.05 Å². The Balaban J connectivity index is 1.97. The van der Waals surface area contributed by atoms with E-state index in [1.807, 2.05) is 43.5 Å². The Bertz CT molecular complexity index is 823. The quantitative estimate of drug-likeness (QED) is 0.806. The summed E-state index contributed by atoms with van der Waals surface area (Å²) in [5.74, 6) is -0.264. The van der Waals surface area contributed by atoms with Crippen molar-refractivity contribution in [2.75, 3.05) is 5.32 Å². The first-order valence-electron chi connectivity index (χ1n) is 7.60. The van der Waals surface area contributed by atoms with Crippen LogP contribution in [0.4, 0.5) is 10.5 Å². The fraction of sp³-hybridized carbons (Fsp3) is 0.235. The molecule has 3 N–H and O–H groups in total. The summed E-state index contributed by atoms with van der Waals surface area (Å²) < 4.78 is 1.67. The number of urea groups is 1. The molecule has 2 aromatic rings. The highest BCUT2D eigenvalue weighted by molar-refractivity contribution is 6.06. The lowest BCUT2D eigenvalue weighted by atomic mass is 9.95. The van der Waals surface area contributed by atoms with Crippen LogP contribution in [0.5, 0.6) is 0 Å². The summed E-state index contributed by atoms with van der Waals surface area (Å²) in [4.78, 5) is 24.7. The van der Waals surface area contributed by atoms with Crippen LogP contribution in [-0.2, 0) is 11.8 Å². The maximum absolute atomic E-state index is 12.8. The highest BCUT2D eigenvalue weighted by atomic mass is 16.2. The molecule has 0 fully saturated rings. The van der Waals surface area contributed by atoms with Crippen LogP contribution in [0.2, 0.25) is 0 Å². The van der Waals surface area contributed by atoms with E-state index >= 15 is 0 Å². The van der Waals surface area contributed by atoms with Crippen molar-refractivity contribution in [3.05, 3.63) is 59.1 Å². The summed E-state index contributed by atoms with van der Waals surface area (Å²) in [5.41, 5.74) is 3.25. The molecular formula is C17H19N5O2. The SMILES string of the molecule is CC1=C(C(=O)Nc2ccccc2)[C@@H](c2cn(C)nc2C)NC(=O)N1. The normalized spacial score (nSPS) is 17.3. The molecule has 3 amide bonds. The predicted molar refractivity (Wildman–Crippen MR) is 90.1 cm³/mol. The average Bonchev–Trinajstić information content (AvgIpc) is 2.85. The van der Waals surface area contributed by atoms with Gasteiger partial charge >= 0.3 is 6.03 Å². The van der Waals surface area contributed by atoms with Gasteiger partial charge in [-0.1, -0.05) is 18.2 Å². The summed E-state index contributed by atoms with van der Waals surface area (Å²) >= 11 is 0. The first kappa shape index (κ1) is 15.8. The molecule has 7 heteroatoms. The Labute approximate surface area is 139 Å². The van der Waals surface area contributed by atoms with E-state index in [0.717, 1.165) is 11.3 Å². The number of amides is 3. The standard InChI is InChI=1S/C17H19N5O2/c1-10-13(9-22(3)21-10)15-14(11(2)18-17(24)20-15)16(23)19-12-7-5-4-6-8-12/h4-9,15H,1-3H3,(H,19,23)(H2,18,20,24)/t15-/m1/s1. The topological polar surface area (TPSA) is 88.1 Å². The number of anilines is 1. The molecular weight excluding hydrogens is 306 g/mol. The van der Waals surface area contributed by atoms with Crippen molar-refractivity contribution in [2.45, 2.75) is 19.9 Å². The Morgan fingerprint density at radius 2 is 1.96 bits per heavy atom. The molecule has 124 valence electrons. The van der Waals surface area contributed by atoms with E-state index in [1.165, 1.54) is 0 Å². The zero-order chi connectivity index (χ0) is 17.3. The van der Waals surface area contributed by atoms with E-state index < -0.39 is 6.04 Å². The van der Waals surface area contributed by atoms with Gasteiger partial charge in [0.15, 0.2) is 0 Å². The van der Waals surface area contributed by atoms with Crippen molar-refractivity contribution >= 4 is 17.6 Å². The van der Waals surface area contributed by atoms with Gasteiger partial charge in [0, 0.05) is 30.2 Å². The molecule has 1 aliphatic rings. The van der Waals surface area contributed by atoms with Gasteiger partial charge in [0.1, 0.15) is 0 Å². The van der Waals surface area contributed by atoms with Gasteiger partial charge in [-0.15, -0.1) is 0 Å². The van der Waals surface area contributed by atoms with Crippen LogP contribution in [0.25, 0.3) is 0 Å². The van der Waals surface area contributed by atoms with Crippen molar-refractivity contribution in [1.82, 2.24) is 20.4 Å². The van der Waals surface area contributed by atoms with Crippen molar-refractivity contribution < 1.29 is 9.59 Å². The molecule has 1 aromatic carbocycles. The summed E-state index contributed by atoms with van der Waals surface area (Å²) in [6.07, 6.45) is 1.81. The lowest BCUT2D eigenvalue weighted by molar-refractivity contribution is -0.113. The molecule has 1 atom stereocenters. The van der Waals surface area contributed by atoms with Gasteiger partial charge in [0.2, 0.25) is 0 Å². The Kier molecular flexibility index (Phi) is 4.07. The molecule has 7 nitrogen and oxygen atoms in total. The van der Waals surface area contributed by atoms with Crippen molar-refractivity contribution in [3.63, 3.8) is 0 Å².